The number of halogens is 1. The fourth-order valence-electron chi connectivity index (χ4n) is 5.79. The molecule has 1 heterocycles. The van der Waals surface area contributed by atoms with E-state index in [-0.39, 0.29) is 41.8 Å². The second-order valence-corrected chi connectivity index (χ2v) is 10.0. The molecule has 3 atom stereocenters. The molecule has 1 aliphatic heterocycles. The second kappa shape index (κ2) is 9.40. The van der Waals surface area contributed by atoms with Crippen molar-refractivity contribution in [1.82, 2.24) is 0 Å². The molecule has 0 spiro atoms. The Hall–Kier alpha value is -3.28. The van der Waals surface area contributed by atoms with Crippen molar-refractivity contribution in [1.29, 1.82) is 0 Å². The van der Waals surface area contributed by atoms with Crippen molar-refractivity contribution in [2.24, 2.45) is 10.9 Å². The minimum atomic E-state index is -0.728. The van der Waals surface area contributed by atoms with E-state index in [0.717, 1.165) is 31.2 Å². The molecule has 5 nitrogen and oxygen atoms in total. The average Bonchev–Trinajstić information content (AvgIpc) is 3.32. The fraction of sp³-hybridized carbons (Fsp3) is 0.414. The van der Waals surface area contributed by atoms with Crippen LogP contribution in [-0.2, 0) is 14.3 Å². The lowest BCUT2D eigenvalue weighted by molar-refractivity contribution is -0.151. The third kappa shape index (κ3) is 4.54. The molecule has 3 aliphatic rings. The fourth-order valence-corrected chi connectivity index (χ4v) is 5.79. The molecule has 1 N–H and O–H groups in total. The molecule has 35 heavy (non-hydrogen) atoms. The number of rotatable bonds is 4. The normalized spacial score (nSPS) is 24.8. The third-order valence-electron chi connectivity index (χ3n) is 7.62. The van der Waals surface area contributed by atoms with Crippen molar-refractivity contribution in [2.75, 3.05) is 0 Å². The highest BCUT2D eigenvalue weighted by atomic mass is 19.1. The summed E-state index contributed by atoms with van der Waals surface area (Å²) in [5.41, 5.74) is 3.78. The number of aliphatic imine (C=N–C) groups is 1. The Morgan fingerprint density at radius 3 is 2.54 bits per heavy atom. The molecule has 6 heteroatoms. The Balaban J connectivity index is 1.54. The van der Waals surface area contributed by atoms with Gasteiger partial charge in [0.15, 0.2) is 5.78 Å². The van der Waals surface area contributed by atoms with E-state index in [4.69, 9.17) is 9.73 Å². The molecular formula is C29H30FNO4. The summed E-state index contributed by atoms with van der Waals surface area (Å²) in [7, 11) is 0. The molecule has 2 aromatic rings. The maximum atomic E-state index is 14.3. The largest absolute Gasteiger partial charge is 0.508 e. The number of carbonyl (C=O) groups excluding carboxylic acids is 2. The first kappa shape index (κ1) is 23.5. The lowest BCUT2D eigenvalue weighted by Crippen LogP contribution is -2.39. The first-order valence-electron chi connectivity index (χ1n) is 12.4. The van der Waals surface area contributed by atoms with E-state index in [0.29, 0.717) is 34.5 Å². The summed E-state index contributed by atoms with van der Waals surface area (Å²) < 4.78 is 20.1. The number of hydrogen-bond donors (Lipinski definition) is 1. The number of benzene rings is 2. The van der Waals surface area contributed by atoms with Crippen molar-refractivity contribution in [2.45, 2.75) is 70.3 Å². The van der Waals surface area contributed by atoms with Gasteiger partial charge < -0.3 is 9.84 Å². The molecular weight excluding hydrogens is 445 g/mol. The number of hydrogen-bond acceptors (Lipinski definition) is 5. The Kier molecular flexibility index (Phi) is 6.30. The predicted molar refractivity (Wildman–Crippen MR) is 131 cm³/mol. The van der Waals surface area contributed by atoms with Crippen molar-refractivity contribution in [3.63, 3.8) is 0 Å². The first-order valence-corrected chi connectivity index (χ1v) is 12.4. The van der Waals surface area contributed by atoms with E-state index < -0.39 is 11.8 Å². The molecule has 2 aliphatic carbocycles. The molecule has 3 unspecified atom stereocenters. The van der Waals surface area contributed by atoms with Gasteiger partial charge in [-0.15, -0.1) is 0 Å². The highest BCUT2D eigenvalue weighted by Gasteiger charge is 2.45. The molecule has 182 valence electrons. The molecule has 0 aromatic heterocycles. The number of ether oxygens (including phenoxy) is 1. The third-order valence-corrected chi connectivity index (χ3v) is 7.62. The SMILES string of the molecule is CC1=NC2=C(C(=O)CC(c3ccc(C)c(F)c3)C2)C(c2cccc(O)c2)C1C(=O)OC1CCCC1. The molecule has 2 aromatic carbocycles. The molecule has 1 saturated carbocycles. The Morgan fingerprint density at radius 1 is 1.06 bits per heavy atom. The molecule has 0 amide bonds. The summed E-state index contributed by atoms with van der Waals surface area (Å²) in [6.45, 7) is 3.52. The summed E-state index contributed by atoms with van der Waals surface area (Å²) in [4.78, 5) is 31.8. The minimum Gasteiger partial charge on any atom is -0.508 e. The minimum absolute atomic E-state index is 0.0731. The first-order chi connectivity index (χ1) is 16.8. The smallest absolute Gasteiger partial charge is 0.315 e. The van der Waals surface area contributed by atoms with Crippen LogP contribution in [0.1, 0.15) is 74.0 Å². The number of nitrogens with zero attached hydrogens (tertiary/aromatic N) is 1. The van der Waals surface area contributed by atoms with Crippen LogP contribution < -0.4 is 0 Å². The van der Waals surface area contributed by atoms with E-state index in [1.165, 1.54) is 6.07 Å². The van der Waals surface area contributed by atoms with Gasteiger partial charge in [-0.2, -0.15) is 0 Å². The van der Waals surface area contributed by atoms with Gasteiger partial charge in [-0.3, -0.25) is 14.6 Å². The van der Waals surface area contributed by atoms with Gasteiger partial charge in [0.05, 0.1) is 0 Å². The van der Waals surface area contributed by atoms with Crippen LogP contribution in [0.5, 0.6) is 5.75 Å². The molecule has 0 bridgehead atoms. The van der Waals surface area contributed by atoms with E-state index >= 15 is 0 Å². The summed E-state index contributed by atoms with van der Waals surface area (Å²) in [6.07, 6.45) is 4.40. The van der Waals surface area contributed by atoms with Crippen LogP contribution in [0.2, 0.25) is 0 Å². The number of esters is 1. The van der Waals surface area contributed by atoms with E-state index in [2.05, 4.69) is 0 Å². The van der Waals surface area contributed by atoms with Crippen LogP contribution >= 0.6 is 0 Å². The summed E-state index contributed by atoms with van der Waals surface area (Å²) in [6, 6.07) is 11.8. The zero-order valence-corrected chi connectivity index (χ0v) is 20.1. The van der Waals surface area contributed by atoms with Crippen molar-refractivity contribution < 1.29 is 23.8 Å². The topological polar surface area (TPSA) is 76.0 Å². The number of phenolic OH excluding ortho intramolecular Hbond substituents is 1. The predicted octanol–water partition coefficient (Wildman–Crippen LogP) is 5.90. The monoisotopic (exact) mass is 475 g/mol. The van der Waals surface area contributed by atoms with E-state index in [1.807, 2.05) is 12.1 Å². The lowest BCUT2D eigenvalue weighted by Gasteiger charge is -2.37. The number of phenols is 1. The highest BCUT2D eigenvalue weighted by molar-refractivity contribution is 6.09. The van der Waals surface area contributed by atoms with Crippen molar-refractivity contribution >= 4 is 17.5 Å². The van der Waals surface area contributed by atoms with Gasteiger partial charge >= 0.3 is 5.97 Å². The van der Waals surface area contributed by atoms with Crippen LogP contribution in [-0.4, -0.2) is 28.7 Å². The Labute approximate surface area is 204 Å². The average molecular weight is 476 g/mol. The number of ketones is 1. The van der Waals surface area contributed by atoms with Gasteiger partial charge in [-0.1, -0.05) is 24.3 Å². The summed E-state index contributed by atoms with van der Waals surface area (Å²) in [5.74, 6) is -2.16. The molecule has 1 fully saturated rings. The van der Waals surface area contributed by atoms with E-state index in [1.54, 1.807) is 38.1 Å². The quantitative estimate of drug-likeness (QED) is 0.559. The van der Waals surface area contributed by atoms with Crippen LogP contribution in [0.25, 0.3) is 0 Å². The van der Waals surface area contributed by atoms with Crippen LogP contribution in [0.15, 0.2) is 58.7 Å². The maximum Gasteiger partial charge on any atom is 0.315 e. The van der Waals surface area contributed by atoms with Gasteiger partial charge in [0.2, 0.25) is 0 Å². The Morgan fingerprint density at radius 2 is 1.83 bits per heavy atom. The molecule has 5 rings (SSSR count). The summed E-state index contributed by atoms with van der Waals surface area (Å²) in [5, 5.41) is 10.2. The van der Waals surface area contributed by atoms with Crippen molar-refractivity contribution in [3.8, 4) is 5.75 Å². The standard InChI is InChI=1S/C29H30FNO4/c1-16-10-11-18(13-23(16)30)20-14-24-28(25(33)15-20)27(19-6-5-7-21(32)12-19)26(17(2)31-24)29(34)35-22-8-3-4-9-22/h5-7,10-13,20,22,26-27,32H,3-4,8-9,14-15H2,1-2H3. The van der Waals surface area contributed by atoms with Crippen LogP contribution in [0.4, 0.5) is 4.39 Å². The van der Waals surface area contributed by atoms with Crippen LogP contribution in [0.3, 0.4) is 0 Å². The number of aromatic hydroxyl groups is 1. The van der Waals surface area contributed by atoms with Gasteiger partial charge in [0, 0.05) is 29.3 Å². The number of Topliss-reactive ketones (excluding diaryl/α,β-unsaturated/α-hetero) is 1. The van der Waals surface area contributed by atoms with Crippen LogP contribution in [0, 0.1) is 18.7 Å². The zero-order chi connectivity index (χ0) is 24.7. The summed E-state index contributed by atoms with van der Waals surface area (Å²) >= 11 is 0. The van der Waals surface area contributed by atoms with Gasteiger partial charge in [-0.05, 0) is 86.8 Å². The van der Waals surface area contributed by atoms with Gasteiger partial charge in [0.25, 0.3) is 0 Å². The Bertz CT molecular complexity index is 1240. The second-order valence-electron chi connectivity index (χ2n) is 10.0. The van der Waals surface area contributed by atoms with Gasteiger partial charge in [-0.25, -0.2) is 4.39 Å². The number of allylic oxidation sites excluding steroid dienone is 2. The van der Waals surface area contributed by atoms with Crippen molar-refractivity contribution in [3.05, 3.63) is 76.2 Å². The van der Waals surface area contributed by atoms with Gasteiger partial charge in [0.1, 0.15) is 23.6 Å². The molecule has 0 saturated heterocycles. The molecule has 0 radical (unpaired) electrons. The van der Waals surface area contributed by atoms with E-state index in [9.17, 15) is 19.1 Å². The number of carbonyl (C=O) groups is 2. The highest BCUT2D eigenvalue weighted by Crippen LogP contribution is 2.47. The zero-order valence-electron chi connectivity index (χ0n) is 20.1. The maximum absolute atomic E-state index is 14.3. The lowest BCUT2D eigenvalue weighted by atomic mass is 9.69. The number of aryl methyl sites for hydroxylation is 1.